The fraction of sp³-hybridized carbons (Fsp3) is 0.308. The first-order chi connectivity index (χ1) is 9.08. The highest BCUT2D eigenvalue weighted by Crippen LogP contribution is 2.16. The highest BCUT2D eigenvalue weighted by Gasteiger charge is 2.16. The van der Waals surface area contributed by atoms with Gasteiger partial charge in [-0.3, -0.25) is 14.3 Å². The molecule has 1 aromatic heterocycles. The second-order valence-electron chi connectivity index (χ2n) is 4.01. The Morgan fingerprint density at radius 2 is 2.16 bits per heavy atom. The highest BCUT2D eigenvalue weighted by atomic mass is 35.5. The van der Waals surface area contributed by atoms with Crippen molar-refractivity contribution < 1.29 is 4.79 Å². The van der Waals surface area contributed by atoms with Crippen LogP contribution in [0.4, 0.5) is 0 Å². The molecule has 19 heavy (non-hydrogen) atoms. The van der Waals surface area contributed by atoms with E-state index in [4.69, 9.17) is 11.6 Å². The molecule has 1 aromatic carbocycles. The number of nitrogens with one attached hydrogen (secondary N) is 1. The van der Waals surface area contributed by atoms with Crippen LogP contribution >= 0.6 is 11.6 Å². The molecule has 0 aliphatic rings. The lowest BCUT2D eigenvalue weighted by atomic mass is 10.2. The van der Waals surface area contributed by atoms with Crippen molar-refractivity contribution in [1.82, 2.24) is 15.1 Å². The van der Waals surface area contributed by atoms with Gasteiger partial charge in [0.15, 0.2) is 5.69 Å². The number of amides is 1. The monoisotopic (exact) mass is 279 g/mol. The molecule has 0 saturated carbocycles. The lowest BCUT2D eigenvalue weighted by Gasteiger charge is -2.10. The van der Waals surface area contributed by atoms with Gasteiger partial charge in [0.2, 0.25) is 5.43 Å². The third kappa shape index (κ3) is 2.46. The summed E-state index contributed by atoms with van der Waals surface area (Å²) in [5.74, 6) is -0.462. The Labute approximate surface area is 115 Å². The Kier molecular flexibility index (Phi) is 3.85. The first-order valence-corrected chi connectivity index (χ1v) is 6.44. The largest absolute Gasteiger partial charge is 0.351 e. The second kappa shape index (κ2) is 5.40. The van der Waals surface area contributed by atoms with E-state index in [0.717, 1.165) is 0 Å². The van der Waals surface area contributed by atoms with Gasteiger partial charge in [0.05, 0.1) is 10.9 Å². The van der Waals surface area contributed by atoms with Gasteiger partial charge in [-0.05, 0) is 32.0 Å². The number of nitrogens with zero attached hydrogens (tertiary/aromatic N) is 2. The number of carbonyl (C=O) groups excluding carboxylic acids is 1. The molecule has 100 valence electrons. The molecular weight excluding hydrogens is 266 g/mol. The van der Waals surface area contributed by atoms with Crippen molar-refractivity contribution in [2.45, 2.75) is 20.4 Å². The minimum Gasteiger partial charge on any atom is -0.351 e. The fourth-order valence-corrected chi connectivity index (χ4v) is 2.07. The Balaban J connectivity index is 2.77. The topological polar surface area (TPSA) is 64.0 Å². The van der Waals surface area contributed by atoms with Crippen molar-refractivity contribution in [3.05, 3.63) is 39.1 Å². The highest BCUT2D eigenvalue weighted by molar-refractivity contribution is 6.31. The molecule has 0 radical (unpaired) electrons. The summed E-state index contributed by atoms with van der Waals surface area (Å²) in [4.78, 5) is 24.1. The minimum absolute atomic E-state index is 0.0986. The summed E-state index contributed by atoms with van der Waals surface area (Å²) in [6.07, 6.45) is 0. The van der Waals surface area contributed by atoms with Gasteiger partial charge in [0.1, 0.15) is 0 Å². The van der Waals surface area contributed by atoms with Crippen molar-refractivity contribution in [1.29, 1.82) is 0 Å². The van der Waals surface area contributed by atoms with Crippen molar-refractivity contribution in [3.8, 4) is 0 Å². The average molecular weight is 280 g/mol. The molecule has 2 aromatic rings. The zero-order valence-corrected chi connectivity index (χ0v) is 11.5. The molecule has 0 unspecified atom stereocenters. The maximum Gasteiger partial charge on any atom is 0.275 e. The summed E-state index contributed by atoms with van der Waals surface area (Å²) in [6, 6.07) is 5.00. The van der Waals surface area contributed by atoms with E-state index in [2.05, 4.69) is 10.4 Å². The molecule has 0 aliphatic carbocycles. The van der Waals surface area contributed by atoms with E-state index < -0.39 is 11.3 Å². The fourth-order valence-electron chi connectivity index (χ4n) is 1.90. The van der Waals surface area contributed by atoms with Crippen molar-refractivity contribution in [2.24, 2.45) is 0 Å². The van der Waals surface area contributed by atoms with E-state index in [9.17, 15) is 9.59 Å². The number of halogens is 1. The quantitative estimate of drug-likeness (QED) is 0.932. The minimum atomic E-state index is -0.462. The third-order valence-electron chi connectivity index (χ3n) is 2.77. The second-order valence-corrected chi connectivity index (χ2v) is 4.45. The van der Waals surface area contributed by atoms with Crippen molar-refractivity contribution in [2.75, 3.05) is 6.54 Å². The average Bonchev–Trinajstić information content (AvgIpc) is 2.40. The summed E-state index contributed by atoms with van der Waals surface area (Å²) in [5, 5.41) is 7.57. The Morgan fingerprint density at radius 3 is 2.79 bits per heavy atom. The lowest BCUT2D eigenvalue weighted by molar-refractivity contribution is 0.0947. The van der Waals surface area contributed by atoms with E-state index >= 15 is 0 Å². The molecule has 0 fully saturated rings. The number of hydrogen-bond acceptors (Lipinski definition) is 3. The molecule has 0 spiro atoms. The van der Waals surface area contributed by atoms with Crippen LogP contribution in [0.1, 0.15) is 24.3 Å². The standard InChI is InChI=1S/C13H14ClN3O2/c1-3-15-13(19)11-12(18)9-7-8(14)5-6-10(9)17(4-2)16-11/h5-7H,3-4H2,1-2H3,(H,15,19). The van der Waals surface area contributed by atoms with E-state index in [1.807, 2.05) is 6.92 Å². The molecule has 0 aliphatic heterocycles. The first kappa shape index (κ1) is 13.5. The van der Waals surface area contributed by atoms with Crippen LogP contribution in [0, 0.1) is 0 Å². The zero-order chi connectivity index (χ0) is 14.0. The molecule has 2 rings (SSSR count). The number of carbonyl (C=O) groups is 1. The van der Waals surface area contributed by atoms with Crippen LogP contribution in [0.5, 0.6) is 0 Å². The van der Waals surface area contributed by atoms with Gasteiger partial charge in [-0.2, -0.15) is 5.10 Å². The summed E-state index contributed by atoms with van der Waals surface area (Å²) in [6.45, 7) is 4.69. The van der Waals surface area contributed by atoms with Crippen LogP contribution in [0.15, 0.2) is 23.0 Å². The summed E-state index contributed by atoms with van der Waals surface area (Å²) < 4.78 is 1.62. The van der Waals surface area contributed by atoms with E-state index in [1.165, 1.54) is 0 Å². The predicted octanol–water partition coefficient (Wildman–Crippen LogP) is 1.82. The Hall–Kier alpha value is -1.88. The summed E-state index contributed by atoms with van der Waals surface area (Å²) >= 11 is 5.91. The maximum atomic E-state index is 12.3. The molecule has 6 heteroatoms. The van der Waals surface area contributed by atoms with E-state index in [0.29, 0.717) is 29.0 Å². The van der Waals surface area contributed by atoms with E-state index in [-0.39, 0.29) is 5.69 Å². The molecule has 1 heterocycles. The molecule has 0 bridgehead atoms. The number of fused-ring (bicyclic) bond motifs is 1. The normalized spacial score (nSPS) is 10.7. The Morgan fingerprint density at radius 1 is 1.42 bits per heavy atom. The number of benzene rings is 1. The summed E-state index contributed by atoms with van der Waals surface area (Å²) in [7, 11) is 0. The number of rotatable bonds is 3. The zero-order valence-electron chi connectivity index (χ0n) is 10.7. The third-order valence-corrected chi connectivity index (χ3v) is 3.00. The summed E-state index contributed by atoms with van der Waals surface area (Å²) in [5.41, 5.74) is 0.177. The Bertz CT molecular complexity index is 694. The van der Waals surface area contributed by atoms with Crippen LogP contribution in [0.3, 0.4) is 0 Å². The molecule has 1 amide bonds. The first-order valence-electron chi connectivity index (χ1n) is 6.07. The van der Waals surface area contributed by atoms with Crippen LogP contribution < -0.4 is 10.7 Å². The van der Waals surface area contributed by atoms with Gasteiger partial charge in [-0.25, -0.2) is 0 Å². The maximum absolute atomic E-state index is 12.3. The van der Waals surface area contributed by atoms with Crippen LogP contribution in [0.25, 0.3) is 10.9 Å². The molecule has 0 atom stereocenters. The van der Waals surface area contributed by atoms with Gasteiger partial charge in [0.25, 0.3) is 5.91 Å². The van der Waals surface area contributed by atoms with Crippen molar-refractivity contribution >= 4 is 28.4 Å². The predicted molar refractivity (Wildman–Crippen MR) is 74.7 cm³/mol. The van der Waals surface area contributed by atoms with Gasteiger partial charge in [-0.15, -0.1) is 0 Å². The van der Waals surface area contributed by atoms with Gasteiger partial charge in [0, 0.05) is 18.1 Å². The number of hydrogen-bond donors (Lipinski definition) is 1. The number of aryl methyl sites for hydroxylation is 1. The van der Waals surface area contributed by atoms with E-state index in [1.54, 1.807) is 29.8 Å². The van der Waals surface area contributed by atoms with Gasteiger partial charge >= 0.3 is 0 Å². The lowest BCUT2D eigenvalue weighted by Crippen LogP contribution is -2.31. The van der Waals surface area contributed by atoms with Crippen molar-refractivity contribution in [3.63, 3.8) is 0 Å². The molecular formula is C13H14ClN3O2. The molecule has 1 N–H and O–H groups in total. The van der Waals surface area contributed by atoms with Gasteiger partial charge in [-0.1, -0.05) is 11.6 Å². The number of aromatic nitrogens is 2. The SMILES string of the molecule is CCNC(=O)c1nn(CC)c2ccc(Cl)cc2c1=O. The van der Waals surface area contributed by atoms with Crippen LogP contribution in [-0.2, 0) is 6.54 Å². The van der Waals surface area contributed by atoms with Crippen LogP contribution in [0.2, 0.25) is 5.02 Å². The molecule has 0 saturated heterocycles. The van der Waals surface area contributed by atoms with Crippen LogP contribution in [-0.4, -0.2) is 22.2 Å². The van der Waals surface area contributed by atoms with Gasteiger partial charge < -0.3 is 5.32 Å². The smallest absolute Gasteiger partial charge is 0.275 e. The molecule has 5 nitrogen and oxygen atoms in total.